The smallest absolute Gasteiger partial charge is 0.178 e. The molecule has 2 unspecified atom stereocenters. The van der Waals surface area contributed by atoms with Crippen LogP contribution in [0, 0.1) is 5.82 Å². The number of hydrogen-bond acceptors (Lipinski definition) is 3. The number of nitrogens with one attached hydrogen (secondary N) is 2. The molecule has 0 radical (unpaired) electrons. The lowest BCUT2D eigenvalue weighted by Gasteiger charge is -2.33. The van der Waals surface area contributed by atoms with Gasteiger partial charge in [-0.15, -0.1) is 0 Å². The lowest BCUT2D eigenvalue weighted by atomic mass is 10.1. The van der Waals surface area contributed by atoms with Crippen LogP contribution in [0.5, 0.6) is 5.75 Å². The number of rotatable bonds is 2. The van der Waals surface area contributed by atoms with Crippen LogP contribution in [0.1, 0.15) is 6.92 Å². The predicted octanol–water partition coefficient (Wildman–Crippen LogP) is 1.61. The number of ether oxygens (including phenoxy) is 1. The van der Waals surface area contributed by atoms with E-state index in [9.17, 15) is 4.39 Å². The zero-order valence-corrected chi connectivity index (χ0v) is 8.88. The molecule has 2 atom stereocenters. The number of fused-ring (bicyclic) bond motifs is 1. The Bertz CT molecular complexity index is 356. The minimum atomic E-state index is -0.312. The normalized spacial score (nSPS) is 23.9. The number of benzene rings is 1. The van der Waals surface area contributed by atoms with Crippen LogP contribution in [0.2, 0.25) is 0 Å². The molecular formula is C11H15FN2O. The topological polar surface area (TPSA) is 33.3 Å². The molecule has 0 saturated carbocycles. The van der Waals surface area contributed by atoms with E-state index in [2.05, 4.69) is 10.6 Å². The van der Waals surface area contributed by atoms with E-state index in [0.717, 1.165) is 5.69 Å². The summed E-state index contributed by atoms with van der Waals surface area (Å²) in [7, 11) is 1.85. The fourth-order valence-corrected chi connectivity index (χ4v) is 1.75. The first-order chi connectivity index (χ1) is 7.22. The van der Waals surface area contributed by atoms with Crippen LogP contribution in [0.25, 0.3) is 0 Å². The van der Waals surface area contributed by atoms with Gasteiger partial charge in [0.25, 0.3) is 0 Å². The Morgan fingerprint density at radius 3 is 3.07 bits per heavy atom. The molecule has 3 nitrogen and oxygen atoms in total. The lowest BCUT2D eigenvalue weighted by molar-refractivity contribution is 0.166. The van der Waals surface area contributed by atoms with Gasteiger partial charge in [-0.05, 0) is 26.1 Å². The largest absolute Gasteiger partial charge is 0.482 e. The van der Waals surface area contributed by atoms with E-state index in [1.54, 1.807) is 6.07 Å². The van der Waals surface area contributed by atoms with Crippen molar-refractivity contribution in [3.05, 3.63) is 24.0 Å². The van der Waals surface area contributed by atoms with Gasteiger partial charge in [-0.1, -0.05) is 6.07 Å². The summed E-state index contributed by atoms with van der Waals surface area (Å²) in [6, 6.07) is 5.08. The van der Waals surface area contributed by atoms with Crippen molar-refractivity contribution in [2.45, 2.75) is 19.1 Å². The summed E-state index contributed by atoms with van der Waals surface area (Å²) in [5.74, 6) is 0.0175. The standard InChI is InChI=1S/C11H15FN2O/c1-7-10(6-13-2)15-11-8(12)4-3-5-9(11)14-7/h3-5,7,10,13-14H,6H2,1-2H3. The van der Waals surface area contributed by atoms with Crippen molar-refractivity contribution in [2.75, 3.05) is 18.9 Å². The zero-order valence-electron chi connectivity index (χ0n) is 8.88. The second-order valence-electron chi connectivity index (χ2n) is 3.76. The van der Waals surface area contributed by atoms with Crippen LogP contribution in [-0.4, -0.2) is 25.7 Å². The first kappa shape index (κ1) is 10.2. The molecule has 0 amide bonds. The molecule has 1 heterocycles. The number of hydrogen-bond donors (Lipinski definition) is 2. The maximum Gasteiger partial charge on any atom is 0.178 e. The fourth-order valence-electron chi connectivity index (χ4n) is 1.75. The zero-order chi connectivity index (χ0) is 10.8. The van der Waals surface area contributed by atoms with Gasteiger partial charge in [0, 0.05) is 6.54 Å². The summed E-state index contributed by atoms with van der Waals surface area (Å²) in [5, 5.41) is 6.26. The van der Waals surface area contributed by atoms with Crippen LogP contribution < -0.4 is 15.4 Å². The second-order valence-corrected chi connectivity index (χ2v) is 3.76. The first-order valence-electron chi connectivity index (χ1n) is 5.08. The Hall–Kier alpha value is -1.29. The van der Waals surface area contributed by atoms with E-state index < -0.39 is 0 Å². The predicted molar refractivity (Wildman–Crippen MR) is 57.8 cm³/mol. The molecule has 0 saturated heterocycles. The van der Waals surface area contributed by atoms with Crippen LogP contribution in [-0.2, 0) is 0 Å². The minimum Gasteiger partial charge on any atom is -0.482 e. The molecule has 1 aromatic carbocycles. The monoisotopic (exact) mass is 210 g/mol. The summed E-state index contributed by atoms with van der Waals surface area (Å²) in [4.78, 5) is 0. The third-order valence-corrected chi connectivity index (χ3v) is 2.58. The van der Waals surface area contributed by atoms with Crippen molar-refractivity contribution in [1.82, 2.24) is 5.32 Å². The van der Waals surface area contributed by atoms with Crippen LogP contribution in [0.15, 0.2) is 18.2 Å². The molecule has 2 rings (SSSR count). The van der Waals surface area contributed by atoms with Crippen molar-refractivity contribution < 1.29 is 9.13 Å². The average molecular weight is 210 g/mol. The highest BCUT2D eigenvalue weighted by molar-refractivity contribution is 5.59. The van der Waals surface area contributed by atoms with Gasteiger partial charge in [0.2, 0.25) is 0 Å². The maximum atomic E-state index is 13.4. The number of halogens is 1. The van der Waals surface area contributed by atoms with Crippen LogP contribution in [0.3, 0.4) is 0 Å². The number of anilines is 1. The highest BCUT2D eigenvalue weighted by atomic mass is 19.1. The van der Waals surface area contributed by atoms with Crippen molar-refractivity contribution >= 4 is 5.69 Å². The molecule has 0 aromatic heterocycles. The Labute approximate surface area is 88.6 Å². The fraction of sp³-hybridized carbons (Fsp3) is 0.455. The molecule has 1 aliphatic heterocycles. The molecule has 0 bridgehead atoms. The van der Waals surface area contributed by atoms with Gasteiger partial charge in [-0.3, -0.25) is 0 Å². The summed E-state index contributed by atoms with van der Waals surface area (Å²) in [6.45, 7) is 2.72. The molecule has 4 heteroatoms. The van der Waals surface area contributed by atoms with Crippen molar-refractivity contribution in [3.63, 3.8) is 0 Å². The quantitative estimate of drug-likeness (QED) is 0.778. The molecule has 0 fully saturated rings. The summed E-state index contributed by atoms with van der Waals surface area (Å²) >= 11 is 0. The van der Waals surface area contributed by atoms with Gasteiger partial charge in [-0.2, -0.15) is 0 Å². The maximum absolute atomic E-state index is 13.4. The van der Waals surface area contributed by atoms with Crippen molar-refractivity contribution in [2.24, 2.45) is 0 Å². The van der Waals surface area contributed by atoms with Crippen molar-refractivity contribution in [3.8, 4) is 5.75 Å². The summed E-state index contributed by atoms with van der Waals surface area (Å²) in [6.07, 6.45) is -0.0422. The molecule has 15 heavy (non-hydrogen) atoms. The molecular weight excluding hydrogens is 195 g/mol. The molecule has 2 N–H and O–H groups in total. The van der Waals surface area contributed by atoms with Gasteiger partial charge >= 0.3 is 0 Å². The Morgan fingerprint density at radius 2 is 2.33 bits per heavy atom. The third-order valence-electron chi connectivity index (χ3n) is 2.58. The van der Waals surface area contributed by atoms with E-state index in [1.807, 2.05) is 20.0 Å². The molecule has 1 aliphatic rings. The summed E-state index contributed by atoms with van der Waals surface area (Å²) < 4.78 is 19.0. The van der Waals surface area contributed by atoms with Gasteiger partial charge in [-0.25, -0.2) is 4.39 Å². The lowest BCUT2D eigenvalue weighted by Crippen LogP contribution is -2.45. The van der Waals surface area contributed by atoms with E-state index in [1.165, 1.54) is 6.07 Å². The molecule has 0 spiro atoms. The Kier molecular flexibility index (Phi) is 2.77. The van der Waals surface area contributed by atoms with Crippen molar-refractivity contribution in [1.29, 1.82) is 0 Å². The Morgan fingerprint density at radius 1 is 1.53 bits per heavy atom. The SMILES string of the molecule is CNCC1Oc2c(F)cccc2NC1C. The average Bonchev–Trinajstić information content (AvgIpc) is 2.21. The summed E-state index contributed by atoms with van der Waals surface area (Å²) in [5.41, 5.74) is 0.731. The third kappa shape index (κ3) is 1.90. The van der Waals surface area contributed by atoms with Crippen LogP contribution in [0.4, 0.5) is 10.1 Å². The van der Waals surface area contributed by atoms with Gasteiger partial charge in [0.05, 0.1) is 11.7 Å². The van der Waals surface area contributed by atoms with E-state index >= 15 is 0 Å². The van der Waals surface area contributed by atoms with Crippen LogP contribution >= 0.6 is 0 Å². The van der Waals surface area contributed by atoms with E-state index in [0.29, 0.717) is 12.3 Å². The first-order valence-corrected chi connectivity index (χ1v) is 5.08. The van der Waals surface area contributed by atoms with Gasteiger partial charge < -0.3 is 15.4 Å². The van der Waals surface area contributed by atoms with Gasteiger partial charge in [0.1, 0.15) is 6.10 Å². The molecule has 82 valence electrons. The number of likely N-dealkylation sites (N-methyl/N-ethyl adjacent to an activating group) is 1. The molecule has 1 aromatic rings. The Balaban J connectivity index is 2.26. The minimum absolute atomic E-state index is 0.0422. The number of para-hydroxylation sites is 1. The van der Waals surface area contributed by atoms with Gasteiger partial charge in [0.15, 0.2) is 11.6 Å². The highest BCUT2D eigenvalue weighted by Crippen LogP contribution is 2.33. The second kappa shape index (κ2) is 4.06. The van der Waals surface area contributed by atoms with E-state index in [-0.39, 0.29) is 18.0 Å². The van der Waals surface area contributed by atoms with E-state index in [4.69, 9.17) is 4.74 Å². The molecule has 0 aliphatic carbocycles. The highest BCUT2D eigenvalue weighted by Gasteiger charge is 2.27.